The maximum Gasteiger partial charge on any atom is 0.417 e. The van der Waals surface area contributed by atoms with Gasteiger partial charge in [0, 0.05) is 19.8 Å². The fourth-order valence-corrected chi connectivity index (χ4v) is 3.60. The highest BCUT2D eigenvalue weighted by atomic mass is 19.4. The van der Waals surface area contributed by atoms with E-state index < -0.39 is 23.9 Å². The van der Waals surface area contributed by atoms with Crippen molar-refractivity contribution in [3.8, 4) is 0 Å². The molecule has 3 rings (SSSR count). The van der Waals surface area contributed by atoms with Gasteiger partial charge < -0.3 is 14.9 Å². The highest BCUT2D eigenvalue weighted by Crippen LogP contribution is 2.42. The van der Waals surface area contributed by atoms with Crippen molar-refractivity contribution in [2.75, 3.05) is 23.4 Å². The largest absolute Gasteiger partial charge is 0.417 e. The molecular formula is C16H20F3N3O2. The number of likely N-dealkylation sites (N-methyl/N-ethyl adjacent to an activating group) is 1. The van der Waals surface area contributed by atoms with Crippen molar-refractivity contribution >= 4 is 17.4 Å². The lowest BCUT2D eigenvalue weighted by Crippen LogP contribution is -2.60. The van der Waals surface area contributed by atoms with Crippen LogP contribution >= 0.6 is 0 Å². The van der Waals surface area contributed by atoms with E-state index in [1.165, 1.54) is 11.9 Å². The molecule has 0 aromatic carbocycles. The number of aliphatic hydroxyl groups excluding tert-OH is 1. The van der Waals surface area contributed by atoms with Gasteiger partial charge in [0.1, 0.15) is 6.04 Å². The van der Waals surface area contributed by atoms with Gasteiger partial charge in [-0.2, -0.15) is 13.2 Å². The molecule has 1 aromatic rings. The monoisotopic (exact) mass is 343 g/mol. The Morgan fingerprint density at radius 2 is 2.04 bits per heavy atom. The minimum absolute atomic E-state index is 0.0281. The number of halogens is 3. The summed E-state index contributed by atoms with van der Waals surface area (Å²) in [4.78, 5) is 19.5. The van der Waals surface area contributed by atoms with Crippen molar-refractivity contribution in [3.63, 3.8) is 0 Å². The lowest BCUT2D eigenvalue weighted by molar-refractivity contribution is -0.138. The molecule has 0 bridgehead atoms. The maximum atomic E-state index is 12.9. The van der Waals surface area contributed by atoms with Crippen molar-refractivity contribution in [2.24, 2.45) is 11.8 Å². The Kier molecular flexibility index (Phi) is 3.98. The molecule has 2 aliphatic rings. The number of carbonyl (C=O) groups excluding carboxylic acids is 1. The van der Waals surface area contributed by atoms with Gasteiger partial charge in [0.15, 0.2) is 5.82 Å². The topological polar surface area (TPSA) is 56.7 Å². The van der Waals surface area contributed by atoms with Gasteiger partial charge in [0.25, 0.3) is 0 Å². The number of pyridine rings is 1. The van der Waals surface area contributed by atoms with E-state index in [4.69, 9.17) is 0 Å². The first kappa shape index (κ1) is 17.0. The normalized spacial score (nSPS) is 27.3. The Bertz CT molecular complexity index is 662. The number of rotatable bonds is 1. The molecule has 1 amide bonds. The minimum Gasteiger partial charge on any atom is -0.391 e. The number of aromatic nitrogens is 1. The molecule has 1 aromatic heterocycles. The Labute approximate surface area is 138 Å². The van der Waals surface area contributed by atoms with Crippen LogP contribution in [0.4, 0.5) is 24.7 Å². The SMILES string of the molecule is CC(C)C1CC2C(=O)N(C)c3cc(C(F)(F)F)cnc3N2CC1O. The van der Waals surface area contributed by atoms with Gasteiger partial charge in [-0.15, -0.1) is 0 Å². The number of nitrogens with zero attached hydrogens (tertiary/aromatic N) is 3. The van der Waals surface area contributed by atoms with E-state index in [1.54, 1.807) is 4.90 Å². The van der Waals surface area contributed by atoms with E-state index in [1.807, 2.05) is 13.8 Å². The van der Waals surface area contributed by atoms with Crippen LogP contribution < -0.4 is 9.80 Å². The highest BCUT2D eigenvalue weighted by Gasteiger charge is 2.46. The molecule has 0 spiro atoms. The zero-order chi connectivity index (χ0) is 17.8. The third kappa shape index (κ3) is 2.62. The Balaban J connectivity index is 2.03. The van der Waals surface area contributed by atoms with E-state index in [-0.39, 0.29) is 30.0 Å². The van der Waals surface area contributed by atoms with Crippen LogP contribution in [-0.4, -0.2) is 41.7 Å². The van der Waals surface area contributed by atoms with E-state index in [0.29, 0.717) is 12.2 Å². The summed E-state index contributed by atoms with van der Waals surface area (Å²) in [5.41, 5.74) is -0.766. The standard InChI is InChI=1S/C16H20F3N3O2/c1-8(2)10-5-12-15(24)21(3)11-4-9(16(17,18)19)6-20-14(11)22(12)7-13(10)23/h4,6,8,10,12-13,23H,5,7H2,1-3H3. The lowest BCUT2D eigenvalue weighted by atomic mass is 9.80. The molecule has 132 valence electrons. The number of hydrogen-bond donors (Lipinski definition) is 1. The molecule has 0 aliphatic carbocycles. The predicted octanol–water partition coefficient (Wildman–Crippen LogP) is 2.29. The molecule has 1 fully saturated rings. The van der Waals surface area contributed by atoms with Crippen LogP contribution in [0.5, 0.6) is 0 Å². The first-order valence-electron chi connectivity index (χ1n) is 7.90. The fraction of sp³-hybridized carbons (Fsp3) is 0.625. The van der Waals surface area contributed by atoms with Gasteiger partial charge in [-0.3, -0.25) is 4.79 Å². The van der Waals surface area contributed by atoms with Gasteiger partial charge in [-0.1, -0.05) is 13.8 Å². The molecule has 3 unspecified atom stereocenters. The average molecular weight is 343 g/mol. The smallest absolute Gasteiger partial charge is 0.391 e. The molecule has 1 saturated heterocycles. The molecule has 0 radical (unpaired) electrons. The summed E-state index contributed by atoms with van der Waals surface area (Å²) in [5, 5.41) is 10.4. The van der Waals surface area contributed by atoms with Crippen molar-refractivity contribution in [1.82, 2.24) is 4.98 Å². The molecular weight excluding hydrogens is 323 g/mol. The summed E-state index contributed by atoms with van der Waals surface area (Å²) in [6, 6.07) is 0.444. The first-order valence-corrected chi connectivity index (χ1v) is 7.90. The number of fused-ring (bicyclic) bond motifs is 3. The van der Waals surface area contributed by atoms with Crippen LogP contribution in [0.3, 0.4) is 0 Å². The third-order valence-electron chi connectivity index (χ3n) is 5.03. The van der Waals surface area contributed by atoms with Crippen molar-refractivity contribution < 1.29 is 23.1 Å². The number of alkyl halides is 3. The van der Waals surface area contributed by atoms with Crippen molar-refractivity contribution in [1.29, 1.82) is 0 Å². The molecule has 5 nitrogen and oxygen atoms in total. The second kappa shape index (κ2) is 5.61. The molecule has 24 heavy (non-hydrogen) atoms. The first-order chi connectivity index (χ1) is 11.1. The maximum absolute atomic E-state index is 12.9. The summed E-state index contributed by atoms with van der Waals surface area (Å²) in [7, 11) is 1.47. The van der Waals surface area contributed by atoms with E-state index >= 15 is 0 Å². The van der Waals surface area contributed by atoms with Crippen molar-refractivity contribution in [2.45, 2.75) is 38.6 Å². The molecule has 1 N–H and O–H groups in total. The zero-order valence-electron chi connectivity index (χ0n) is 13.7. The van der Waals surface area contributed by atoms with Crippen LogP contribution in [0, 0.1) is 11.8 Å². The third-order valence-corrected chi connectivity index (χ3v) is 5.03. The van der Waals surface area contributed by atoms with Gasteiger partial charge in [-0.05, 0) is 24.3 Å². The average Bonchev–Trinajstić information content (AvgIpc) is 2.50. The zero-order valence-corrected chi connectivity index (χ0v) is 13.7. The minimum atomic E-state index is -4.52. The van der Waals surface area contributed by atoms with Crippen LogP contribution in [0.15, 0.2) is 12.3 Å². The summed E-state index contributed by atoms with van der Waals surface area (Å²) in [6.07, 6.45) is -3.92. The summed E-state index contributed by atoms with van der Waals surface area (Å²) < 4.78 is 38.8. The van der Waals surface area contributed by atoms with Crippen molar-refractivity contribution in [3.05, 3.63) is 17.8 Å². The summed E-state index contributed by atoms with van der Waals surface area (Å²) in [5.74, 6) is 0.236. The number of amides is 1. The summed E-state index contributed by atoms with van der Waals surface area (Å²) in [6.45, 7) is 4.17. The molecule has 2 aliphatic heterocycles. The molecule has 3 heterocycles. The van der Waals surface area contributed by atoms with Crippen LogP contribution in [0.2, 0.25) is 0 Å². The Hall–Kier alpha value is -1.83. The van der Waals surface area contributed by atoms with E-state index in [0.717, 1.165) is 12.3 Å². The molecule has 3 atom stereocenters. The van der Waals surface area contributed by atoms with Crippen LogP contribution in [-0.2, 0) is 11.0 Å². The lowest BCUT2D eigenvalue weighted by Gasteiger charge is -2.48. The summed E-state index contributed by atoms with van der Waals surface area (Å²) >= 11 is 0. The van der Waals surface area contributed by atoms with Crippen LogP contribution in [0.25, 0.3) is 0 Å². The molecule has 8 heteroatoms. The van der Waals surface area contributed by atoms with Gasteiger partial charge >= 0.3 is 6.18 Å². The second-order valence-corrected chi connectivity index (χ2v) is 6.84. The fourth-order valence-electron chi connectivity index (χ4n) is 3.60. The van der Waals surface area contributed by atoms with Gasteiger partial charge in [0.05, 0.1) is 17.4 Å². The van der Waals surface area contributed by atoms with E-state index in [2.05, 4.69) is 4.98 Å². The quantitative estimate of drug-likeness (QED) is 0.850. The number of anilines is 2. The number of hydrogen-bond acceptors (Lipinski definition) is 4. The predicted molar refractivity (Wildman–Crippen MR) is 82.7 cm³/mol. The molecule has 0 saturated carbocycles. The number of carbonyl (C=O) groups is 1. The number of aliphatic hydroxyl groups is 1. The van der Waals surface area contributed by atoms with Gasteiger partial charge in [0.2, 0.25) is 5.91 Å². The Morgan fingerprint density at radius 3 is 2.62 bits per heavy atom. The second-order valence-electron chi connectivity index (χ2n) is 6.84. The van der Waals surface area contributed by atoms with Crippen LogP contribution in [0.1, 0.15) is 25.8 Å². The van der Waals surface area contributed by atoms with Gasteiger partial charge in [-0.25, -0.2) is 4.98 Å². The van der Waals surface area contributed by atoms with E-state index in [9.17, 15) is 23.1 Å². The number of piperidine rings is 1. The highest BCUT2D eigenvalue weighted by molar-refractivity contribution is 6.04. The Morgan fingerprint density at radius 1 is 1.38 bits per heavy atom.